The van der Waals surface area contributed by atoms with Crippen LogP contribution in [0.5, 0.6) is 0 Å². The molecule has 10 aromatic rings. The van der Waals surface area contributed by atoms with Crippen molar-refractivity contribution in [1.29, 1.82) is 0 Å². The lowest BCUT2D eigenvalue weighted by Crippen LogP contribution is -2.04. The van der Waals surface area contributed by atoms with Gasteiger partial charge in [0.1, 0.15) is 5.65 Å². The van der Waals surface area contributed by atoms with Crippen LogP contribution in [0, 0.1) is 0 Å². The monoisotopic (exact) mass is 561 g/mol. The molecule has 0 radical (unpaired) electrons. The number of pyridine rings is 1. The first-order valence-corrected chi connectivity index (χ1v) is 14.8. The Kier molecular flexibility index (Phi) is 4.66. The van der Waals surface area contributed by atoms with E-state index in [4.69, 9.17) is 15.0 Å². The summed E-state index contributed by atoms with van der Waals surface area (Å²) in [6.45, 7) is 0. The van der Waals surface area contributed by atoms with E-state index in [9.17, 15) is 0 Å². The molecule has 4 aromatic heterocycles. The maximum atomic E-state index is 5.37. The molecule has 0 saturated carbocycles. The number of hydrogen-bond acceptors (Lipinski definition) is 3. The molecule has 5 nitrogen and oxygen atoms in total. The van der Waals surface area contributed by atoms with Gasteiger partial charge in [-0.05, 0) is 52.6 Å². The van der Waals surface area contributed by atoms with Crippen molar-refractivity contribution in [2.45, 2.75) is 0 Å². The Hall–Kier alpha value is -6.07. The van der Waals surface area contributed by atoms with Crippen LogP contribution in [-0.4, -0.2) is 23.9 Å². The predicted octanol–water partition coefficient (Wildman–Crippen LogP) is 9.50. The van der Waals surface area contributed by atoms with Gasteiger partial charge in [0.2, 0.25) is 5.95 Å². The molecule has 4 heterocycles. The highest BCUT2D eigenvalue weighted by molar-refractivity contribution is 6.15. The minimum atomic E-state index is 0.645. The molecule has 0 saturated heterocycles. The summed E-state index contributed by atoms with van der Waals surface area (Å²) in [6.07, 6.45) is 2.20. The molecule has 0 spiro atoms. The fourth-order valence-electron chi connectivity index (χ4n) is 6.83. The molecule has 6 aromatic carbocycles. The summed E-state index contributed by atoms with van der Waals surface area (Å²) in [5.41, 5.74) is 7.98. The second kappa shape index (κ2) is 8.72. The van der Waals surface area contributed by atoms with Gasteiger partial charge < -0.3 is 0 Å². The predicted molar refractivity (Wildman–Crippen MR) is 181 cm³/mol. The molecular weight excluding hydrogens is 538 g/mol. The van der Waals surface area contributed by atoms with Gasteiger partial charge in [0.25, 0.3) is 0 Å². The van der Waals surface area contributed by atoms with Crippen molar-refractivity contribution in [2.75, 3.05) is 0 Å². The van der Waals surface area contributed by atoms with E-state index < -0.39 is 0 Å². The van der Waals surface area contributed by atoms with Crippen LogP contribution in [0.15, 0.2) is 140 Å². The Bertz CT molecular complexity index is 2770. The molecule has 10 rings (SSSR count). The number of benzene rings is 6. The van der Waals surface area contributed by atoms with Gasteiger partial charge >= 0.3 is 0 Å². The molecule has 204 valence electrons. The highest BCUT2D eigenvalue weighted by atomic mass is 15.2. The zero-order valence-electron chi connectivity index (χ0n) is 23.5. The van der Waals surface area contributed by atoms with E-state index in [2.05, 4.69) is 136 Å². The molecule has 5 heteroatoms. The molecule has 0 atom stereocenters. The van der Waals surface area contributed by atoms with Crippen LogP contribution >= 0.6 is 0 Å². The van der Waals surface area contributed by atoms with Crippen LogP contribution in [0.1, 0.15) is 0 Å². The number of fused-ring (bicyclic) bond motifs is 10. The lowest BCUT2D eigenvalue weighted by molar-refractivity contribution is 1.01. The third-order valence-corrected chi connectivity index (χ3v) is 8.89. The smallest absolute Gasteiger partial charge is 0.235 e. The van der Waals surface area contributed by atoms with E-state index in [1.54, 1.807) is 0 Å². The second-order valence-corrected chi connectivity index (χ2v) is 11.4. The quantitative estimate of drug-likeness (QED) is 0.198. The summed E-state index contributed by atoms with van der Waals surface area (Å²) in [5, 5.41) is 7.94. The Morgan fingerprint density at radius 1 is 0.455 bits per heavy atom. The number of hydrogen-bond donors (Lipinski definition) is 0. The average Bonchev–Trinajstić information content (AvgIpc) is 3.60. The Balaban J connectivity index is 1.41. The second-order valence-electron chi connectivity index (χ2n) is 11.4. The van der Waals surface area contributed by atoms with E-state index in [1.165, 1.54) is 10.8 Å². The normalized spacial score (nSPS) is 12.1. The van der Waals surface area contributed by atoms with Gasteiger partial charge in [-0.25, -0.2) is 15.0 Å². The van der Waals surface area contributed by atoms with Crippen molar-refractivity contribution < 1.29 is 0 Å². The minimum Gasteiger partial charge on any atom is -0.297 e. The third kappa shape index (κ3) is 3.26. The van der Waals surface area contributed by atoms with E-state index in [0.717, 1.165) is 71.4 Å². The van der Waals surface area contributed by atoms with Gasteiger partial charge in [0, 0.05) is 33.3 Å². The van der Waals surface area contributed by atoms with E-state index in [0.29, 0.717) is 5.95 Å². The van der Waals surface area contributed by atoms with Crippen LogP contribution in [-0.2, 0) is 0 Å². The van der Waals surface area contributed by atoms with Crippen LogP contribution < -0.4 is 0 Å². The first-order chi connectivity index (χ1) is 21.8. The molecule has 0 aliphatic heterocycles. The van der Waals surface area contributed by atoms with Gasteiger partial charge in [0.05, 0.1) is 33.3 Å². The van der Waals surface area contributed by atoms with E-state index >= 15 is 0 Å². The van der Waals surface area contributed by atoms with Gasteiger partial charge in [-0.1, -0.05) is 97.1 Å². The van der Waals surface area contributed by atoms with Crippen molar-refractivity contribution in [3.63, 3.8) is 0 Å². The van der Waals surface area contributed by atoms with Gasteiger partial charge in [-0.15, -0.1) is 0 Å². The standard InChI is InChI=1S/C39H23N5/c1-2-11-25(12-3-1)37-29-19-18-24-10-6-7-15-28(24)38(29)42-39(41-37)44-34-21-27-14-5-4-13-26(27)20-30(34)31-22-36-40-32-16-8-9-17-33(32)43(36)23-35(31)44/h1-23H. The molecule has 0 bridgehead atoms. The molecule has 0 amide bonds. The summed E-state index contributed by atoms with van der Waals surface area (Å²) in [7, 11) is 0. The molecular formula is C39H23N5. The molecule has 44 heavy (non-hydrogen) atoms. The SMILES string of the molecule is c1ccc(-c2nc(-n3c4cc5ccccc5cc4c4cc5nc6ccccc6n5cc43)nc3c2ccc2ccccc23)cc1. The summed E-state index contributed by atoms with van der Waals surface area (Å²) >= 11 is 0. The largest absolute Gasteiger partial charge is 0.297 e. The Morgan fingerprint density at radius 3 is 2.07 bits per heavy atom. The highest BCUT2D eigenvalue weighted by Gasteiger charge is 2.20. The number of imidazole rings is 1. The molecule has 0 N–H and O–H groups in total. The van der Waals surface area contributed by atoms with Gasteiger partial charge in [-0.3, -0.25) is 8.97 Å². The van der Waals surface area contributed by atoms with E-state index in [1.807, 2.05) is 12.1 Å². The van der Waals surface area contributed by atoms with Crippen LogP contribution in [0.4, 0.5) is 0 Å². The zero-order chi connectivity index (χ0) is 28.8. The fraction of sp³-hybridized carbons (Fsp3) is 0. The minimum absolute atomic E-state index is 0.645. The Labute approximate surface area is 251 Å². The van der Waals surface area contributed by atoms with Gasteiger partial charge in [0.15, 0.2) is 0 Å². The summed E-state index contributed by atoms with van der Waals surface area (Å²) < 4.78 is 4.42. The topological polar surface area (TPSA) is 48.0 Å². The summed E-state index contributed by atoms with van der Waals surface area (Å²) in [4.78, 5) is 15.7. The van der Waals surface area contributed by atoms with Gasteiger partial charge in [-0.2, -0.15) is 0 Å². The molecule has 0 fully saturated rings. The first-order valence-electron chi connectivity index (χ1n) is 14.8. The first kappa shape index (κ1) is 23.5. The van der Waals surface area contributed by atoms with Crippen LogP contribution in [0.3, 0.4) is 0 Å². The Morgan fingerprint density at radius 2 is 1.18 bits per heavy atom. The average molecular weight is 562 g/mol. The summed E-state index contributed by atoms with van der Waals surface area (Å²) in [5.74, 6) is 0.645. The molecule has 0 unspecified atom stereocenters. The van der Waals surface area contributed by atoms with Crippen LogP contribution in [0.2, 0.25) is 0 Å². The number of nitrogens with zero attached hydrogens (tertiary/aromatic N) is 5. The highest BCUT2D eigenvalue weighted by Crippen LogP contribution is 2.38. The van der Waals surface area contributed by atoms with Crippen molar-refractivity contribution in [3.8, 4) is 17.2 Å². The molecule has 0 aliphatic rings. The lowest BCUT2D eigenvalue weighted by Gasteiger charge is -2.13. The van der Waals surface area contributed by atoms with Crippen molar-refractivity contribution in [3.05, 3.63) is 140 Å². The van der Waals surface area contributed by atoms with Crippen molar-refractivity contribution in [1.82, 2.24) is 23.9 Å². The van der Waals surface area contributed by atoms with Crippen molar-refractivity contribution in [2.24, 2.45) is 0 Å². The third-order valence-electron chi connectivity index (χ3n) is 8.89. The maximum absolute atomic E-state index is 5.37. The number of aromatic nitrogens is 5. The lowest BCUT2D eigenvalue weighted by atomic mass is 10.0. The number of para-hydroxylation sites is 2. The summed E-state index contributed by atoms with van der Waals surface area (Å²) in [6, 6.07) is 46.8. The van der Waals surface area contributed by atoms with E-state index in [-0.39, 0.29) is 0 Å². The fourth-order valence-corrected chi connectivity index (χ4v) is 6.83. The maximum Gasteiger partial charge on any atom is 0.235 e. The van der Waals surface area contributed by atoms with Crippen molar-refractivity contribution >= 4 is 70.9 Å². The molecule has 0 aliphatic carbocycles. The number of rotatable bonds is 2. The zero-order valence-corrected chi connectivity index (χ0v) is 23.5. The van der Waals surface area contributed by atoms with Crippen LogP contribution in [0.25, 0.3) is 88.1 Å².